The van der Waals surface area contributed by atoms with Crippen LogP contribution in [-0.4, -0.2) is 4.98 Å². The molecule has 0 aliphatic heterocycles. The molecule has 0 saturated heterocycles. The second kappa shape index (κ2) is 4.69. The lowest BCUT2D eigenvalue weighted by Crippen LogP contribution is -2.10. The van der Waals surface area contributed by atoms with E-state index in [0.717, 1.165) is 25.3 Å². The van der Waals surface area contributed by atoms with Gasteiger partial charge in [-0.15, -0.1) is 0 Å². The summed E-state index contributed by atoms with van der Waals surface area (Å²) in [5.74, 6) is -2.27. The van der Waals surface area contributed by atoms with E-state index in [1.165, 1.54) is 6.07 Å². The summed E-state index contributed by atoms with van der Waals surface area (Å²) in [6.07, 6.45) is 3.55. The molecule has 0 N–H and O–H groups in total. The van der Waals surface area contributed by atoms with Gasteiger partial charge in [0.25, 0.3) is 5.92 Å². The molecule has 1 aromatic rings. The molecule has 0 aliphatic carbocycles. The smallest absolute Gasteiger partial charge is 0.255 e. The summed E-state index contributed by atoms with van der Waals surface area (Å²) >= 11 is 0. The first kappa shape index (κ1) is 12.1. The lowest BCUT2D eigenvalue weighted by atomic mass is 10.00. The van der Waals surface area contributed by atoms with Gasteiger partial charge in [-0.05, 0) is 24.0 Å². The van der Waals surface area contributed by atoms with Crippen molar-refractivity contribution in [3.63, 3.8) is 0 Å². The van der Waals surface area contributed by atoms with E-state index in [1.807, 2.05) is 0 Å². The second-order valence-electron chi connectivity index (χ2n) is 4.16. The molecule has 0 bridgehead atoms. The molecule has 1 rings (SSSR count). The Balaban J connectivity index is 2.73. The number of aromatic nitrogens is 1. The maximum Gasteiger partial charge on any atom is 0.286 e. The molecule has 0 aliphatic rings. The van der Waals surface area contributed by atoms with E-state index in [9.17, 15) is 8.78 Å². The number of nitrogens with zero attached hydrogens (tertiary/aromatic N) is 1. The standard InChI is InChI=1S/C12H17F2N/c1-4-9(2)7-10-5-6-11(15-8-10)12(3,13)14/h5-6,8-9H,4,7H2,1-3H3. The summed E-state index contributed by atoms with van der Waals surface area (Å²) in [7, 11) is 0. The van der Waals surface area contributed by atoms with Crippen molar-refractivity contribution in [3.8, 4) is 0 Å². The molecular formula is C12H17F2N. The van der Waals surface area contributed by atoms with Crippen LogP contribution in [0, 0.1) is 5.92 Å². The van der Waals surface area contributed by atoms with E-state index in [4.69, 9.17) is 0 Å². The van der Waals surface area contributed by atoms with E-state index in [0.29, 0.717) is 5.92 Å². The van der Waals surface area contributed by atoms with Crippen LogP contribution in [-0.2, 0) is 12.3 Å². The van der Waals surface area contributed by atoms with Crippen molar-refractivity contribution in [1.29, 1.82) is 0 Å². The van der Waals surface area contributed by atoms with Crippen molar-refractivity contribution in [1.82, 2.24) is 4.98 Å². The van der Waals surface area contributed by atoms with Crippen molar-refractivity contribution in [2.24, 2.45) is 5.92 Å². The Bertz CT molecular complexity index is 300. The predicted octanol–water partition coefficient (Wildman–Crippen LogP) is 3.78. The Labute approximate surface area is 89.5 Å². The fourth-order valence-corrected chi connectivity index (χ4v) is 1.35. The number of halogens is 2. The highest BCUT2D eigenvalue weighted by Gasteiger charge is 2.25. The van der Waals surface area contributed by atoms with Gasteiger partial charge in [-0.2, -0.15) is 8.78 Å². The van der Waals surface area contributed by atoms with Gasteiger partial charge in [0.15, 0.2) is 0 Å². The summed E-state index contributed by atoms with van der Waals surface area (Å²) in [6.45, 7) is 5.12. The summed E-state index contributed by atoms with van der Waals surface area (Å²) in [5, 5.41) is 0. The minimum Gasteiger partial charge on any atom is -0.255 e. The van der Waals surface area contributed by atoms with Crippen LogP contribution in [0.15, 0.2) is 18.3 Å². The van der Waals surface area contributed by atoms with Crippen LogP contribution < -0.4 is 0 Å². The number of rotatable bonds is 4. The van der Waals surface area contributed by atoms with Crippen molar-refractivity contribution in [2.45, 2.75) is 39.5 Å². The molecule has 1 nitrogen and oxygen atoms in total. The monoisotopic (exact) mass is 213 g/mol. The normalized spacial score (nSPS) is 13.9. The lowest BCUT2D eigenvalue weighted by molar-refractivity contribution is 0.0127. The topological polar surface area (TPSA) is 12.9 Å². The Morgan fingerprint density at radius 1 is 1.40 bits per heavy atom. The van der Waals surface area contributed by atoms with Gasteiger partial charge in [0.05, 0.1) is 0 Å². The molecule has 84 valence electrons. The van der Waals surface area contributed by atoms with Gasteiger partial charge >= 0.3 is 0 Å². The summed E-state index contributed by atoms with van der Waals surface area (Å²) in [4.78, 5) is 3.79. The van der Waals surface area contributed by atoms with Crippen molar-refractivity contribution >= 4 is 0 Å². The van der Waals surface area contributed by atoms with Crippen LogP contribution in [0.3, 0.4) is 0 Å². The third-order valence-electron chi connectivity index (χ3n) is 2.56. The number of hydrogen-bond acceptors (Lipinski definition) is 1. The van der Waals surface area contributed by atoms with Crippen molar-refractivity contribution < 1.29 is 8.78 Å². The Hall–Kier alpha value is -0.990. The number of hydrogen-bond donors (Lipinski definition) is 0. The lowest BCUT2D eigenvalue weighted by Gasteiger charge is -2.11. The zero-order valence-electron chi connectivity index (χ0n) is 9.43. The van der Waals surface area contributed by atoms with E-state index in [1.54, 1.807) is 12.3 Å². The quantitative estimate of drug-likeness (QED) is 0.741. The van der Waals surface area contributed by atoms with Crippen LogP contribution in [0.25, 0.3) is 0 Å². The Morgan fingerprint density at radius 3 is 2.47 bits per heavy atom. The van der Waals surface area contributed by atoms with Crippen molar-refractivity contribution in [3.05, 3.63) is 29.6 Å². The van der Waals surface area contributed by atoms with Gasteiger partial charge < -0.3 is 0 Å². The molecule has 0 aromatic carbocycles. The molecule has 0 radical (unpaired) electrons. The van der Waals surface area contributed by atoms with Crippen LogP contribution in [0.5, 0.6) is 0 Å². The highest BCUT2D eigenvalue weighted by atomic mass is 19.3. The third-order valence-corrected chi connectivity index (χ3v) is 2.56. The van der Waals surface area contributed by atoms with Gasteiger partial charge in [0, 0.05) is 13.1 Å². The van der Waals surface area contributed by atoms with Crippen LogP contribution >= 0.6 is 0 Å². The SMILES string of the molecule is CCC(C)Cc1ccc(C(C)(F)F)nc1. The fraction of sp³-hybridized carbons (Fsp3) is 0.583. The Kier molecular flexibility index (Phi) is 3.77. The zero-order valence-corrected chi connectivity index (χ0v) is 9.43. The predicted molar refractivity (Wildman–Crippen MR) is 57.0 cm³/mol. The molecule has 0 amide bonds. The number of alkyl halides is 2. The molecular weight excluding hydrogens is 196 g/mol. The summed E-state index contributed by atoms with van der Waals surface area (Å²) in [5.41, 5.74) is 0.868. The first-order chi connectivity index (χ1) is 6.93. The third kappa shape index (κ3) is 3.57. The molecule has 1 aromatic heterocycles. The molecule has 0 fully saturated rings. The number of pyridine rings is 1. The van der Waals surface area contributed by atoms with E-state index in [2.05, 4.69) is 18.8 Å². The molecule has 3 heteroatoms. The summed E-state index contributed by atoms with van der Waals surface area (Å²) < 4.78 is 25.7. The fourth-order valence-electron chi connectivity index (χ4n) is 1.35. The van der Waals surface area contributed by atoms with Gasteiger partial charge in [-0.1, -0.05) is 26.3 Å². The van der Waals surface area contributed by atoms with Crippen LogP contribution in [0.1, 0.15) is 38.4 Å². The molecule has 1 unspecified atom stereocenters. The van der Waals surface area contributed by atoms with Crippen LogP contribution in [0.4, 0.5) is 8.78 Å². The summed E-state index contributed by atoms with van der Waals surface area (Å²) in [6, 6.07) is 3.16. The average Bonchev–Trinajstić information content (AvgIpc) is 2.17. The zero-order chi connectivity index (χ0) is 11.5. The minimum absolute atomic E-state index is 0.157. The average molecular weight is 213 g/mol. The highest BCUT2D eigenvalue weighted by molar-refractivity contribution is 5.17. The first-order valence-corrected chi connectivity index (χ1v) is 5.26. The largest absolute Gasteiger partial charge is 0.286 e. The van der Waals surface area contributed by atoms with Gasteiger partial charge in [-0.25, -0.2) is 0 Å². The highest BCUT2D eigenvalue weighted by Crippen LogP contribution is 2.25. The van der Waals surface area contributed by atoms with Crippen LogP contribution in [0.2, 0.25) is 0 Å². The molecule has 1 heterocycles. The minimum atomic E-state index is -2.84. The second-order valence-corrected chi connectivity index (χ2v) is 4.16. The van der Waals surface area contributed by atoms with Gasteiger partial charge in [-0.3, -0.25) is 4.98 Å². The molecule has 0 saturated carbocycles. The van der Waals surface area contributed by atoms with E-state index in [-0.39, 0.29) is 5.69 Å². The molecule has 15 heavy (non-hydrogen) atoms. The maximum atomic E-state index is 12.9. The van der Waals surface area contributed by atoms with Crippen molar-refractivity contribution in [2.75, 3.05) is 0 Å². The maximum absolute atomic E-state index is 12.9. The first-order valence-electron chi connectivity index (χ1n) is 5.26. The van der Waals surface area contributed by atoms with E-state index < -0.39 is 5.92 Å². The molecule has 0 spiro atoms. The van der Waals surface area contributed by atoms with Gasteiger partial charge in [0.1, 0.15) is 5.69 Å². The Morgan fingerprint density at radius 2 is 2.07 bits per heavy atom. The van der Waals surface area contributed by atoms with E-state index >= 15 is 0 Å². The van der Waals surface area contributed by atoms with Gasteiger partial charge in [0.2, 0.25) is 0 Å². The molecule has 1 atom stereocenters.